The Kier molecular flexibility index (Phi) is 2.88. The van der Waals surface area contributed by atoms with Gasteiger partial charge in [-0.25, -0.2) is 4.98 Å². The van der Waals surface area contributed by atoms with Crippen LogP contribution >= 0.6 is 11.8 Å². The summed E-state index contributed by atoms with van der Waals surface area (Å²) in [5.74, 6) is 0.986. The molecule has 14 heavy (non-hydrogen) atoms. The quantitative estimate of drug-likeness (QED) is 0.592. The van der Waals surface area contributed by atoms with Crippen LogP contribution in [0.3, 0.4) is 0 Å². The molecular formula is C9H12N2O2S. The van der Waals surface area contributed by atoms with Gasteiger partial charge < -0.3 is 9.84 Å². The van der Waals surface area contributed by atoms with Gasteiger partial charge in [-0.05, 0) is 5.75 Å². The zero-order chi connectivity index (χ0) is 9.97. The second-order valence-corrected chi connectivity index (χ2v) is 4.22. The number of hydrogen-bond acceptors (Lipinski definition) is 5. The smallest absolute Gasteiger partial charge is 0.220 e. The molecule has 1 aromatic rings. The highest BCUT2D eigenvalue weighted by Gasteiger charge is 2.17. The standard InChI is InChI=1S/C9H12N2O2S/c1-2-14-9-10-7-3-4-13-5-6(7)8(12)11-9/h2-5H2,1H3,(H,10,11,12). The van der Waals surface area contributed by atoms with Gasteiger partial charge in [0.05, 0.1) is 24.5 Å². The van der Waals surface area contributed by atoms with Crippen LogP contribution in [0.5, 0.6) is 5.88 Å². The van der Waals surface area contributed by atoms with Crippen LogP contribution in [-0.2, 0) is 17.8 Å². The molecule has 0 saturated heterocycles. The summed E-state index contributed by atoms with van der Waals surface area (Å²) in [4.78, 5) is 8.38. The second kappa shape index (κ2) is 4.14. The van der Waals surface area contributed by atoms with Crippen molar-refractivity contribution in [3.8, 4) is 5.88 Å². The molecule has 1 aliphatic rings. The minimum absolute atomic E-state index is 0.0747. The molecule has 2 heterocycles. The number of thioether (sulfide) groups is 1. The molecule has 0 saturated carbocycles. The molecular weight excluding hydrogens is 200 g/mol. The summed E-state index contributed by atoms with van der Waals surface area (Å²) >= 11 is 1.54. The number of hydrogen-bond donors (Lipinski definition) is 1. The summed E-state index contributed by atoms with van der Waals surface area (Å²) in [6.07, 6.45) is 0.767. The lowest BCUT2D eigenvalue weighted by molar-refractivity contribution is 0.105. The average Bonchev–Trinajstić information content (AvgIpc) is 2.18. The summed E-state index contributed by atoms with van der Waals surface area (Å²) < 4.78 is 5.23. The zero-order valence-electron chi connectivity index (χ0n) is 7.99. The number of nitrogens with zero attached hydrogens (tertiary/aromatic N) is 2. The molecule has 0 amide bonds. The summed E-state index contributed by atoms with van der Waals surface area (Å²) in [6.45, 7) is 3.14. The van der Waals surface area contributed by atoms with Crippen LogP contribution in [0.25, 0.3) is 0 Å². The van der Waals surface area contributed by atoms with E-state index in [1.54, 1.807) is 0 Å². The third kappa shape index (κ3) is 1.83. The lowest BCUT2D eigenvalue weighted by atomic mass is 10.1. The van der Waals surface area contributed by atoms with Crippen LogP contribution in [0.4, 0.5) is 0 Å². The Labute approximate surface area is 86.7 Å². The van der Waals surface area contributed by atoms with Gasteiger partial charge in [-0.1, -0.05) is 18.7 Å². The Morgan fingerprint density at radius 1 is 1.50 bits per heavy atom. The first-order chi connectivity index (χ1) is 6.81. The minimum atomic E-state index is 0.0747. The maximum atomic E-state index is 9.62. The third-order valence-electron chi connectivity index (χ3n) is 2.05. The highest BCUT2D eigenvalue weighted by Crippen LogP contribution is 2.25. The van der Waals surface area contributed by atoms with Gasteiger partial charge in [0.2, 0.25) is 5.88 Å². The predicted octanol–water partition coefficient (Wildman–Crippen LogP) is 1.37. The van der Waals surface area contributed by atoms with Crippen molar-refractivity contribution in [2.24, 2.45) is 0 Å². The molecule has 0 bridgehead atoms. The van der Waals surface area contributed by atoms with Crippen molar-refractivity contribution in [3.63, 3.8) is 0 Å². The van der Waals surface area contributed by atoms with Crippen molar-refractivity contribution >= 4 is 11.8 Å². The molecule has 0 aliphatic carbocycles. The molecule has 0 radical (unpaired) electrons. The van der Waals surface area contributed by atoms with Gasteiger partial charge in [0.1, 0.15) is 0 Å². The van der Waals surface area contributed by atoms with Crippen molar-refractivity contribution in [3.05, 3.63) is 11.3 Å². The van der Waals surface area contributed by atoms with Gasteiger partial charge in [-0.3, -0.25) is 0 Å². The fourth-order valence-electron chi connectivity index (χ4n) is 1.39. The lowest BCUT2D eigenvalue weighted by Gasteiger charge is -2.16. The monoisotopic (exact) mass is 212 g/mol. The Balaban J connectivity index is 2.36. The number of fused-ring (bicyclic) bond motifs is 1. The summed E-state index contributed by atoms with van der Waals surface area (Å²) in [6, 6.07) is 0. The summed E-state index contributed by atoms with van der Waals surface area (Å²) in [7, 11) is 0. The summed E-state index contributed by atoms with van der Waals surface area (Å²) in [5, 5.41) is 10.3. The number of ether oxygens (including phenoxy) is 1. The van der Waals surface area contributed by atoms with Crippen LogP contribution in [0, 0.1) is 0 Å². The van der Waals surface area contributed by atoms with E-state index >= 15 is 0 Å². The molecule has 4 nitrogen and oxygen atoms in total. The van der Waals surface area contributed by atoms with E-state index in [0.717, 1.165) is 23.4 Å². The van der Waals surface area contributed by atoms with Crippen LogP contribution in [0.15, 0.2) is 5.16 Å². The van der Waals surface area contributed by atoms with Crippen molar-refractivity contribution in [2.45, 2.75) is 25.1 Å². The van der Waals surface area contributed by atoms with Gasteiger partial charge in [0, 0.05) is 6.42 Å². The average molecular weight is 212 g/mol. The first-order valence-electron chi connectivity index (χ1n) is 4.60. The van der Waals surface area contributed by atoms with Gasteiger partial charge in [0.15, 0.2) is 5.16 Å². The highest BCUT2D eigenvalue weighted by molar-refractivity contribution is 7.99. The Hall–Kier alpha value is -0.810. The van der Waals surface area contributed by atoms with E-state index in [-0.39, 0.29) is 5.88 Å². The van der Waals surface area contributed by atoms with Crippen LogP contribution < -0.4 is 0 Å². The molecule has 76 valence electrons. The fourth-order valence-corrected chi connectivity index (χ4v) is 1.97. The van der Waals surface area contributed by atoms with Crippen LogP contribution in [-0.4, -0.2) is 27.4 Å². The van der Waals surface area contributed by atoms with Gasteiger partial charge in [0.25, 0.3) is 0 Å². The van der Waals surface area contributed by atoms with Gasteiger partial charge in [-0.2, -0.15) is 4.98 Å². The Morgan fingerprint density at radius 2 is 2.36 bits per heavy atom. The van der Waals surface area contributed by atoms with Gasteiger partial charge >= 0.3 is 0 Å². The van der Waals surface area contributed by atoms with Crippen LogP contribution in [0.2, 0.25) is 0 Å². The molecule has 1 aromatic heterocycles. The molecule has 0 atom stereocenters. The van der Waals surface area contributed by atoms with Crippen LogP contribution in [0.1, 0.15) is 18.2 Å². The molecule has 0 unspecified atom stereocenters. The summed E-state index contributed by atoms with van der Waals surface area (Å²) in [5.41, 5.74) is 1.68. The van der Waals surface area contributed by atoms with E-state index in [0.29, 0.717) is 18.4 Å². The predicted molar refractivity (Wildman–Crippen MR) is 53.5 cm³/mol. The Morgan fingerprint density at radius 3 is 3.14 bits per heavy atom. The lowest BCUT2D eigenvalue weighted by Crippen LogP contribution is -2.13. The van der Waals surface area contributed by atoms with Gasteiger partial charge in [-0.15, -0.1) is 0 Å². The Bertz CT molecular complexity index is 344. The van der Waals surface area contributed by atoms with E-state index in [9.17, 15) is 5.11 Å². The zero-order valence-corrected chi connectivity index (χ0v) is 8.80. The van der Waals surface area contributed by atoms with E-state index in [4.69, 9.17) is 4.74 Å². The molecule has 1 N–H and O–H groups in total. The highest BCUT2D eigenvalue weighted by atomic mass is 32.2. The third-order valence-corrected chi connectivity index (χ3v) is 2.78. The number of aromatic nitrogens is 2. The molecule has 0 spiro atoms. The minimum Gasteiger partial charge on any atom is -0.493 e. The number of aromatic hydroxyl groups is 1. The van der Waals surface area contributed by atoms with Crippen molar-refractivity contribution in [1.29, 1.82) is 0 Å². The topological polar surface area (TPSA) is 55.2 Å². The van der Waals surface area contributed by atoms with E-state index < -0.39 is 0 Å². The largest absolute Gasteiger partial charge is 0.493 e. The number of rotatable bonds is 2. The molecule has 5 heteroatoms. The van der Waals surface area contributed by atoms with E-state index in [1.165, 1.54) is 11.8 Å². The maximum Gasteiger partial charge on any atom is 0.220 e. The maximum absolute atomic E-state index is 9.62. The molecule has 0 fully saturated rings. The van der Waals surface area contributed by atoms with Crippen molar-refractivity contribution in [2.75, 3.05) is 12.4 Å². The first-order valence-corrected chi connectivity index (χ1v) is 5.59. The normalized spacial score (nSPS) is 15.2. The van der Waals surface area contributed by atoms with E-state index in [1.807, 2.05) is 6.92 Å². The van der Waals surface area contributed by atoms with E-state index in [2.05, 4.69) is 9.97 Å². The second-order valence-electron chi connectivity index (χ2n) is 2.99. The molecule has 1 aliphatic heterocycles. The SMILES string of the molecule is CCSc1nc(O)c2c(n1)CCOC2. The van der Waals surface area contributed by atoms with Crippen molar-refractivity contribution < 1.29 is 9.84 Å². The molecule has 2 rings (SSSR count). The molecule has 0 aromatic carbocycles. The first kappa shape index (κ1) is 9.73. The van der Waals surface area contributed by atoms with Crippen molar-refractivity contribution in [1.82, 2.24) is 9.97 Å². The fraction of sp³-hybridized carbons (Fsp3) is 0.556.